The van der Waals surface area contributed by atoms with Crippen molar-refractivity contribution in [3.8, 4) is 0 Å². The molecule has 0 aromatic carbocycles. The first-order valence-electron chi connectivity index (χ1n) is 3.76. The van der Waals surface area contributed by atoms with E-state index >= 15 is 0 Å². The highest BCUT2D eigenvalue weighted by molar-refractivity contribution is 9.10. The fourth-order valence-corrected chi connectivity index (χ4v) is 2.62. The first kappa shape index (κ1) is 10.2. The molecule has 3 N–H and O–H groups in total. The molecule has 0 aliphatic carbocycles. The molecule has 1 rings (SSSR count). The van der Waals surface area contributed by atoms with Crippen molar-refractivity contribution < 1.29 is 5.11 Å². The van der Waals surface area contributed by atoms with Gasteiger partial charge in [0, 0.05) is 21.5 Å². The van der Waals surface area contributed by atoms with Gasteiger partial charge < -0.3 is 10.8 Å². The Bertz CT molecular complexity index is 249. The zero-order chi connectivity index (χ0) is 9.14. The number of hydrogen-bond donors (Lipinski definition) is 2. The van der Waals surface area contributed by atoms with E-state index in [-0.39, 0.29) is 6.04 Å². The Hall–Kier alpha value is 0.100. The van der Waals surface area contributed by atoms with Gasteiger partial charge in [0.05, 0.1) is 6.10 Å². The molecule has 0 aliphatic rings. The lowest BCUT2D eigenvalue weighted by Crippen LogP contribution is -2.18. The standard InChI is InChI=1S/C8H12BrNOS/c1-5(10)2-8(11)6-3-12-4-7(6)9/h3-5,8,11H,2,10H2,1H3. The maximum absolute atomic E-state index is 9.66. The van der Waals surface area contributed by atoms with Crippen LogP contribution in [0.2, 0.25) is 0 Å². The van der Waals surface area contributed by atoms with Crippen molar-refractivity contribution >= 4 is 27.3 Å². The molecular formula is C8H12BrNOS. The van der Waals surface area contributed by atoms with E-state index in [0.29, 0.717) is 6.42 Å². The molecule has 0 spiro atoms. The number of aliphatic hydroxyl groups excluding tert-OH is 1. The molecule has 1 heterocycles. The second-order valence-electron chi connectivity index (χ2n) is 2.90. The Labute approximate surface area is 84.5 Å². The summed E-state index contributed by atoms with van der Waals surface area (Å²) in [5, 5.41) is 13.6. The monoisotopic (exact) mass is 249 g/mol. The fourth-order valence-electron chi connectivity index (χ4n) is 1.01. The number of rotatable bonds is 3. The highest BCUT2D eigenvalue weighted by Crippen LogP contribution is 2.29. The Kier molecular flexibility index (Phi) is 3.71. The molecule has 0 saturated heterocycles. The Morgan fingerprint density at radius 2 is 2.33 bits per heavy atom. The number of halogens is 1. The van der Waals surface area contributed by atoms with Gasteiger partial charge in [-0.05, 0) is 34.7 Å². The van der Waals surface area contributed by atoms with Crippen LogP contribution in [0.1, 0.15) is 25.0 Å². The smallest absolute Gasteiger partial charge is 0.0823 e. The van der Waals surface area contributed by atoms with Crippen LogP contribution in [0.4, 0.5) is 0 Å². The normalized spacial score (nSPS) is 16.0. The van der Waals surface area contributed by atoms with Crippen LogP contribution in [0.15, 0.2) is 15.2 Å². The van der Waals surface area contributed by atoms with Crippen LogP contribution in [0.3, 0.4) is 0 Å². The molecule has 2 atom stereocenters. The second kappa shape index (κ2) is 4.37. The minimum atomic E-state index is -0.439. The van der Waals surface area contributed by atoms with Gasteiger partial charge in [0.15, 0.2) is 0 Å². The number of nitrogens with two attached hydrogens (primary N) is 1. The summed E-state index contributed by atoms with van der Waals surface area (Å²) >= 11 is 4.94. The van der Waals surface area contributed by atoms with Gasteiger partial charge in [-0.25, -0.2) is 0 Å². The largest absolute Gasteiger partial charge is 0.388 e. The molecule has 12 heavy (non-hydrogen) atoms. The number of thiophene rings is 1. The van der Waals surface area contributed by atoms with Crippen molar-refractivity contribution in [2.75, 3.05) is 0 Å². The van der Waals surface area contributed by atoms with E-state index in [9.17, 15) is 5.11 Å². The maximum Gasteiger partial charge on any atom is 0.0823 e. The highest BCUT2D eigenvalue weighted by atomic mass is 79.9. The van der Waals surface area contributed by atoms with Gasteiger partial charge in [0.25, 0.3) is 0 Å². The van der Waals surface area contributed by atoms with E-state index in [1.807, 2.05) is 17.7 Å². The minimum Gasteiger partial charge on any atom is -0.388 e. The lowest BCUT2D eigenvalue weighted by molar-refractivity contribution is 0.160. The zero-order valence-corrected chi connectivity index (χ0v) is 9.23. The van der Waals surface area contributed by atoms with E-state index < -0.39 is 6.10 Å². The maximum atomic E-state index is 9.66. The summed E-state index contributed by atoms with van der Waals surface area (Å²) in [7, 11) is 0. The van der Waals surface area contributed by atoms with E-state index in [1.165, 1.54) is 0 Å². The number of hydrogen-bond acceptors (Lipinski definition) is 3. The molecule has 1 aromatic heterocycles. The first-order chi connectivity index (χ1) is 5.61. The van der Waals surface area contributed by atoms with Crippen LogP contribution >= 0.6 is 27.3 Å². The third-order valence-corrected chi connectivity index (χ3v) is 3.35. The van der Waals surface area contributed by atoms with Crippen molar-refractivity contribution in [1.82, 2.24) is 0 Å². The van der Waals surface area contributed by atoms with E-state index in [2.05, 4.69) is 15.9 Å². The van der Waals surface area contributed by atoms with Gasteiger partial charge in [-0.2, -0.15) is 11.3 Å². The van der Waals surface area contributed by atoms with Crippen LogP contribution in [0.5, 0.6) is 0 Å². The third kappa shape index (κ3) is 2.55. The summed E-state index contributed by atoms with van der Waals surface area (Å²) in [6, 6.07) is 0.0341. The third-order valence-electron chi connectivity index (χ3n) is 1.60. The van der Waals surface area contributed by atoms with Crippen molar-refractivity contribution in [3.63, 3.8) is 0 Å². The van der Waals surface area contributed by atoms with Crippen LogP contribution < -0.4 is 5.73 Å². The quantitative estimate of drug-likeness (QED) is 0.864. The van der Waals surface area contributed by atoms with Crippen molar-refractivity contribution in [3.05, 3.63) is 20.8 Å². The van der Waals surface area contributed by atoms with E-state index in [1.54, 1.807) is 11.3 Å². The molecule has 0 aliphatic heterocycles. The lowest BCUT2D eigenvalue weighted by Gasteiger charge is -2.11. The van der Waals surface area contributed by atoms with Gasteiger partial charge in [-0.3, -0.25) is 0 Å². The number of aliphatic hydroxyl groups is 1. The SMILES string of the molecule is CC(N)CC(O)c1cscc1Br. The molecule has 0 amide bonds. The van der Waals surface area contributed by atoms with Gasteiger partial charge in [0.2, 0.25) is 0 Å². The summed E-state index contributed by atoms with van der Waals surface area (Å²) in [5.74, 6) is 0. The summed E-state index contributed by atoms with van der Waals surface area (Å²) in [6.07, 6.45) is 0.167. The van der Waals surface area contributed by atoms with Crippen LogP contribution in [-0.4, -0.2) is 11.1 Å². The second-order valence-corrected chi connectivity index (χ2v) is 4.50. The predicted molar refractivity (Wildman–Crippen MR) is 55.2 cm³/mol. The van der Waals surface area contributed by atoms with Crippen LogP contribution in [0.25, 0.3) is 0 Å². The highest BCUT2D eigenvalue weighted by Gasteiger charge is 2.13. The Balaban J connectivity index is 2.65. The molecular weight excluding hydrogens is 238 g/mol. The lowest BCUT2D eigenvalue weighted by atomic mass is 10.1. The minimum absolute atomic E-state index is 0.0341. The van der Waals surface area contributed by atoms with E-state index in [0.717, 1.165) is 10.0 Å². The van der Waals surface area contributed by atoms with Gasteiger partial charge in [-0.15, -0.1) is 0 Å². The average molecular weight is 250 g/mol. The molecule has 2 unspecified atom stereocenters. The molecule has 2 nitrogen and oxygen atoms in total. The predicted octanol–water partition coefficient (Wildman–Crippen LogP) is 2.28. The van der Waals surface area contributed by atoms with Crippen LogP contribution in [0, 0.1) is 0 Å². The van der Waals surface area contributed by atoms with Gasteiger partial charge in [-0.1, -0.05) is 0 Å². The molecule has 0 bridgehead atoms. The van der Waals surface area contributed by atoms with Gasteiger partial charge in [0.1, 0.15) is 0 Å². The van der Waals surface area contributed by atoms with Gasteiger partial charge >= 0.3 is 0 Å². The average Bonchev–Trinajstić information content (AvgIpc) is 2.33. The topological polar surface area (TPSA) is 46.2 Å². The molecule has 0 saturated carbocycles. The first-order valence-corrected chi connectivity index (χ1v) is 5.50. The molecule has 1 aromatic rings. The molecule has 0 fully saturated rings. The summed E-state index contributed by atoms with van der Waals surface area (Å²) in [6.45, 7) is 1.89. The fraction of sp³-hybridized carbons (Fsp3) is 0.500. The van der Waals surface area contributed by atoms with Crippen LogP contribution in [-0.2, 0) is 0 Å². The van der Waals surface area contributed by atoms with Crippen molar-refractivity contribution in [2.24, 2.45) is 5.73 Å². The molecule has 0 radical (unpaired) electrons. The summed E-state index contributed by atoms with van der Waals surface area (Å²) in [4.78, 5) is 0. The Morgan fingerprint density at radius 1 is 1.67 bits per heavy atom. The van der Waals surface area contributed by atoms with Crippen molar-refractivity contribution in [2.45, 2.75) is 25.5 Å². The summed E-state index contributed by atoms with van der Waals surface area (Å²) < 4.78 is 0.973. The van der Waals surface area contributed by atoms with E-state index in [4.69, 9.17) is 5.73 Å². The molecule has 68 valence electrons. The van der Waals surface area contributed by atoms with Crippen molar-refractivity contribution in [1.29, 1.82) is 0 Å². The Morgan fingerprint density at radius 3 is 2.75 bits per heavy atom. The zero-order valence-electron chi connectivity index (χ0n) is 6.83. The summed E-state index contributed by atoms with van der Waals surface area (Å²) in [5.41, 5.74) is 6.52. The molecule has 4 heteroatoms.